The van der Waals surface area contributed by atoms with Crippen molar-refractivity contribution in [1.82, 2.24) is 9.17 Å². The molecule has 4 heteroatoms. The van der Waals surface area contributed by atoms with Crippen molar-refractivity contribution >= 4 is 22.9 Å². The van der Waals surface area contributed by atoms with Gasteiger partial charge in [-0.15, -0.1) is 3.69 Å². The predicted molar refractivity (Wildman–Crippen MR) is 36.5 cm³/mol. The van der Waals surface area contributed by atoms with Crippen molar-refractivity contribution in [2.24, 2.45) is 0 Å². The first-order valence-electron chi connectivity index (χ1n) is 2.16. The summed E-state index contributed by atoms with van der Waals surface area (Å²) in [4.78, 5) is 4.56. The van der Waals surface area contributed by atoms with Gasteiger partial charge in [-0.05, 0) is 6.42 Å². The summed E-state index contributed by atoms with van der Waals surface area (Å²) in [6.07, 6.45) is 1.08. The molecule has 0 rings (SSSR count). The van der Waals surface area contributed by atoms with Crippen LogP contribution in [0.4, 0.5) is 0 Å². The van der Waals surface area contributed by atoms with E-state index in [-0.39, 0.29) is 0 Å². The molecule has 0 aliphatic carbocycles. The van der Waals surface area contributed by atoms with Crippen LogP contribution in [0.1, 0.15) is 13.3 Å². The Hall–Kier alpha value is 0.610. The van der Waals surface area contributed by atoms with Crippen molar-refractivity contribution < 1.29 is 4.94 Å². The van der Waals surface area contributed by atoms with Gasteiger partial charge in [0, 0.05) is 29.4 Å². The third-order valence-corrected chi connectivity index (χ3v) is 0.683. The highest BCUT2D eigenvalue weighted by Crippen LogP contribution is 1.69. The van der Waals surface area contributed by atoms with Gasteiger partial charge < -0.3 is 0 Å². The maximum absolute atomic E-state index is 4.56. The van der Waals surface area contributed by atoms with Crippen molar-refractivity contribution in [1.29, 1.82) is 0 Å². The summed E-state index contributed by atoms with van der Waals surface area (Å²) in [7, 11) is 0. The number of nitrogens with one attached hydrogen (secondary N) is 2. The van der Waals surface area contributed by atoms with Gasteiger partial charge in [-0.1, -0.05) is 6.92 Å². The van der Waals surface area contributed by atoms with Crippen LogP contribution in [-0.2, 0) is 4.94 Å². The summed E-state index contributed by atoms with van der Waals surface area (Å²) in [5.74, 6) is 0. The molecule has 0 atom stereocenters. The SMILES string of the molecule is CCCNONI. The second-order valence-corrected chi connectivity index (χ2v) is 1.51. The highest BCUT2D eigenvalue weighted by molar-refractivity contribution is 14.1. The molecule has 0 aromatic carbocycles. The van der Waals surface area contributed by atoms with Crippen molar-refractivity contribution in [3.8, 4) is 0 Å². The van der Waals surface area contributed by atoms with Gasteiger partial charge in [-0.3, -0.25) is 0 Å². The van der Waals surface area contributed by atoms with E-state index in [2.05, 4.69) is 21.0 Å². The Labute approximate surface area is 57.2 Å². The lowest BCUT2D eigenvalue weighted by Crippen LogP contribution is -2.19. The third kappa shape index (κ3) is 6.61. The quantitative estimate of drug-likeness (QED) is 0.315. The molecule has 0 saturated heterocycles. The summed E-state index contributed by atoms with van der Waals surface area (Å²) in [6, 6.07) is 0. The van der Waals surface area contributed by atoms with E-state index in [1.54, 1.807) is 0 Å². The molecule has 0 unspecified atom stereocenters. The molecule has 0 aromatic rings. The molecule has 0 radical (unpaired) electrons. The average Bonchev–Trinajstić information content (AvgIpc) is 1.69. The lowest BCUT2D eigenvalue weighted by molar-refractivity contribution is 0.0202. The first-order valence-corrected chi connectivity index (χ1v) is 3.24. The van der Waals surface area contributed by atoms with Crippen LogP contribution in [0.15, 0.2) is 0 Å². The molecule has 2 N–H and O–H groups in total. The zero-order valence-corrected chi connectivity index (χ0v) is 6.36. The molecule has 0 fully saturated rings. The minimum Gasteiger partial charge on any atom is -0.204 e. The van der Waals surface area contributed by atoms with Crippen LogP contribution in [0.25, 0.3) is 0 Å². The average molecular weight is 216 g/mol. The third-order valence-electron chi connectivity index (χ3n) is 0.463. The molecular weight excluding hydrogens is 207 g/mol. The van der Waals surface area contributed by atoms with Crippen molar-refractivity contribution in [2.75, 3.05) is 6.54 Å². The molecular formula is C3H9IN2O. The first kappa shape index (κ1) is 7.61. The number of hydroxylamine groups is 1. The van der Waals surface area contributed by atoms with Gasteiger partial charge in [0.05, 0.1) is 0 Å². The zero-order chi connectivity index (χ0) is 5.54. The van der Waals surface area contributed by atoms with Gasteiger partial charge in [0.1, 0.15) is 0 Å². The van der Waals surface area contributed by atoms with Crippen molar-refractivity contribution in [3.63, 3.8) is 0 Å². The Bertz CT molecular complexity index is 32.1. The molecule has 3 nitrogen and oxygen atoms in total. The van der Waals surface area contributed by atoms with Crippen LogP contribution in [0.3, 0.4) is 0 Å². The molecule has 0 spiro atoms. The molecule has 0 heterocycles. The van der Waals surface area contributed by atoms with Gasteiger partial charge in [0.2, 0.25) is 0 Å². The van der Waals surface area contributed by atoms with Crippen LogP contribution >= 0.6 is 22.9 Å². The normalized spacial score (nSPS) is 9.43. The monoisotopic (exact) mass is 216 g/mol. The van der Waals surface area contributed by atoms with Crippen LogP contribution in [0, 0.1) is 0 Å². The van der Waals surface area contributed by atoms with Crippen LogP contribution in [0.5, 0.6) is 0 Å². The molecule has 0 saturated carbocycles. The lowest BCUT2D eigenvalue weighted by Gasteiger charge is -1.96. The topological polar surface area (TPSA) is 33.3 Å². The van der Waals surface area contributed by atoms with Crippen LogP contribution < -0.4 is 9.17 Å². The molecule has 0 bridgehead atoms. The number of hydrogen-bond donors (Lipinski definition) is 2. The molecule has 0 aromatic heterocycles. The summed E-state index contributed by atoms with van der Waals surface area (Å²) in [5.41, 5.74) is 2.67. The van der Waals surface area contributed by atoms with E-state index in [0.29, 0.717) is 0 Å². The van der Waals surface area contributed by atoms with E-state index >= 15 is 0 Å². The van der Waals surface area contributed by atoms with E-state index in [4.69, 9.17) is 0 Å². The molecule has 0 amide bonds. The molecule has 0 aliphatic heterocycles. The fourth-order valence-electron chi connectivity index (χ4n) is 0.180. The smallest absolute Gasteiger partial charge is 0.0476 e. The van der Waals surface area contributed by atoms with Gasteiger partial charge in [0.15, 0.2) is 0 Å². The first-order chi connectivity index (χ1) is 3.41. The minimum absolute atomic E-state index is 0.885. The zero-order valence-electron chi connectivity index (χ0n) is 4.20. The van der Waals surface area contributed by atoms with Crippen molar-refractivity contribution in [2.45, 2.75) is 13.3 Å². The van der Waals surface area contributed by atoms with Crippen molar-refractivity contribution in [3.05, 3.63) is 0 Å². The largest absolute Gasteiger partial charge is 0.204 e. The molecule has 0 aliphatic rings. The standard InChI is InChI=1S/C3H9IN2O/c1-2-3-5-7-6-4/h5-6H,2-3H2,1H3. The number of halogens is 1. The lowest BCUT2D eigenvalue weighted by atomic mass is 10.5. The Morgan fingerprint density at radius 3 is 2.86 bits per heavy atom. The Kier molecular flexibility index (Phi) is 7.19. The van der Waals surface area contributed by atoms with Gasteiger partial charge >= 0.3 is 0 Å². The van der Waals surface area contributed by atoms with Gasteiger partial charge in [0.25, 0.3) is 0 Å². The van der Waals surface area contributed by atoms with E-state index in [0.717, 1.165) is 13.0 Å². The fourth-order valence-corrected chi connectivity index (χ4v) is 0.336. The Balaban J connectivity index is 2.45. The fraction of sp³-hybridized carbons (Fsp3) is 1.00. The summed E-state index contributed by atoms with van der Waals surface area (Å²) >= 11 is 1.89. The van der Waals surface area contributed by atoms with E-state index in [1.807, 2.05) is 22.9 Å². The molecule has 7 heavy (non-hydrogen) atoms. The Morgan fingerprint density at radius 2 is 2.43 bits per heavy atom. The van der Waals surface area contributed by atoms with E-state index in [1.165, 1.54) is 0 Å². The van der Waals surface area contributed by atoms with Gasteiger partial charge in [-0.2, -0.15) is 5.48 Å². The second kappa shape index (κ2) is 6.61. The summed E-state index contributed by atoms with van der Waals surface area (Å²) in [5, 5.41) is 0. The maximum Gasteiger partial charge on any atom is 0.0476 e. The highest BCUT2D eigenvalue weighted by atomic mass is 127. The number of hydrogen-bond acceptors (Lipinski definition) is 3. The summed E-state index contributed by atoms with van der Waals surface area (Å²) < 4.78 is 2.46. The van der Waals surface area contributed by atoms with E-state index < -0.39 is 0 Å². The maximum atomic E-state index is 4.56. The van der Waals surface area contributed by atoms with Crippen LogP contribution in [-0.4, -0.2) is 6.54 Å². The van der Waals surface area contributed by atoms with E-state index in [9.17, 15) is 0 Å². The Morgan fingerprint density at radius 1 is 1.71 bits per heavy atom. The second-order valence-electron chi connectivity index (χ2n) is 1.07. The minimum atomic E-state index is 0.885. The summed E-state index contributed by atoms with van der Waals surface area (Å²) in [6.45, 7) is 2.96. The number of rotatable bonds is 4. The van der Waals surface area contributed by atoms with Gasteiger partial charge in [-0.25, -0.2) is 4.94 Å². The van der Waals surface area contributed by atoms with Crippen LogP contribution in [0.2, 0.25) is 0 Å². The molecule has 44 valence electrons. The predicted octanol–water partition coefficient (Wildman–Crippen LogP) is 0.772. The highest BCUT2D eigenvalue weighted by Gasteiger charge is 1.75.